The molecule has 0 aliphatic rings. The van der Waals surface area contributed by atoms with Crippen LogP contribution in [0.4, 0.5) is 8.78 Å². The van der Waals surface area contributed by atoms with Crippen molar-refractivity contribution in [3.63, 3.8) is 0 Å². The molecule has 1 heterocycles. The van der Waals surface area contributed by atoms with Gasteiger partial charge in [0.1, 0.15) is 11.6 Å². The Morgan fingerprint density at radius 2 is 1.95 bits per heavy atom. The first-order valence-corrected chi connectivity index (χ1v) is 7.65. The van der Waals surface area contributed by atoms with E-state index in [0.717, 1.165) is 10.5 Å². The highest BCUT2D eigenvalue weighted by molar-refractivity contribution is 9.10. The van der Waals surface area contributed by atoms with Gasteiger partial charge in [0, 0.05) is 21.5 Å². The third-order valence-electron chi connectivity index (χ3n) is 2.82. The van der Waals surface area contributed by atoms with E-state index in [1.54, 1.807) is 11.3 Å². The lowest BCUT2D eigenvalue weighted by Gasteiger charge is -2.13. The first kappa shape index (κ1) is 14.6. The molecular weight excluding hydrogens is 332 g/mol. The molecule has 5 heteroatoms. The SMILES string of the molecule is CC(NCCc1cc(F)cc(F)c1)c1sccc1Br. The lowest BCUT2D eigenvalue weighted by atomic mass is 10.1. The summed E-state index contributed by atoms with van der Waals surface area (Å²) in [6, 6.07) is 5.86. The molecule has 1 unspecified atom stereocenters. The van der Waals surface area contributed by atoms with Gasteiger partial charge in [0.25, 0.3) is 0 Å². The van der Waals surface area contributed by atoms with Crippen molar-refractivity contribution in [2.45, 2.75) is 19.4 Å². The fourth-order valence-electron chi connectivity index (χ4n) is 1.90. The maximum atomic E-state index is 13.0. The molecule has 0 fully saturated rings. The Bertz CT molecular complexity index is 536. The van der Waals surface area contributed by atoms with E-state index in [1.807, 2.05) is 11.4 Å². The Kier molecular flexibility index (Phi) is 5.07. The van der Waals surface area contributed by atoms with Gasteiger partial charge in [-0.1, -0.05) is 0 Å². The number of hydrogen-bond acceptors (Lipinski definition) is 2. The molecule has 0 aliphatic carbocycles. The molecule has 1 nitrogen and oxygen atoms in total. The standard InChI is InChI=1S/C14H14BrF2NS/c1-9(14-13(15)3-5-19-14)18-4-2-10-6-11(16)8-12(17)7-10/h3,5-9,18H,2,4H2,1H3. The quantitative estimate of drug-likeness (QED) is 0.829. The largest absolute Gasteiger partial charge is 0.309 e. The van der Waals surface area contributed by atoms with Crippen LogP contribution in [0.5, 0.6) is 0 Å². The molecule has 0 saturated heterocycles. The molecule has 0 aliphatic heterocycles. The number of thiophene rings is 1. The van der Waals surface area contributed by atoms with Crippen LogP contribution in [0.2, 0.25) is 0 Å². The van der Waals surface area contributed by atoms with Crippen molar-refractivity contribution in [2.75, 3.05) is 6.54 Å². The van der Waals surface area contributed by atoms with E-state index in [2.05, 4.69) is 28.2 Å². The first-order chi connectivity index (χ1) is 9.06. The summed E-state index contributed by atoms with van der Waals surface area (Å²) in [5.41, 5.74) is 0.669. The first-order valence-electron chi connectivity index (χ1n) is 5.97. The van der Waals surface area contributed by atoms with Crippen molar-refractivity contribution in [1.82, 2.24) is 5.32 Å². The van der Waals surface area contributed by atoms with Crippen LogP contribution in [-0.4, -0.2) is 6.54 Å². The summed E-state index contributed by atoms with van der Waals surface area (Å²) in [6.45, 7) is 2.75. The summed E-state index contributed by atoms with van der Waals surface area (Å²) in [5.74, 6) is -1.05. The van der Waals surface area contributed by atoms with Crippen LogP contribution in [0, 0.1) is 11.6 Å². The zero-order valence-electron chi connectivity index (χ0n) is 10.4. The van der Waals surface area contributed by atoms with Crippen molar-refractivity contribution in [1.29, 1.82) is 0 Å². The van der Waals surface area contributed by atoms with Gasteiger partial charge in [-0.15, -0.1) is 11.3 Å². The van der Waals surface area contributed by atoms with Gasteiger partial charge in [-0.05, 0) is 65.0 Å². The number of hydrogen-bond donors (Lipinski definition) is 1. The molecule has 0 radical (unpaired) electrons. The second-order valence-corrected chi connectivity index (χ2v) is 6.14. The molecule has 2 aromatic rings. The van der Waals surface area contributed by atoms with Gasteiger partial charge >= 0.3 is 0 Å². The lowest BCUT2D eigenvalue weighted by molar-refractivity contribution is 0.566. The van der Waals surface area contributed by atoms with Gasteiger partial charge in [0.2, 0.25) is 0 Å². The molecule has 1 aromatic carbocycles. The zero-order chi connectivity index (χ0) is 13.8. The predicted molar refractivity (Wildman–Crippen MR) is 78.5 cm³/mol. The average Bonchev–Trinajstić information content (AvgIpc) is 2.74. The monoisotopic (exact) mass is 345 g/mol. The second-order valence-electron chi connectivity index (χ2n) is 4.34. The molecular formula is C14H14BrF2NS. The van der Waals surface area contributed by atoms with E-state index in [-0.39, 0.29) is 6.04 Å². The van der Waals surface area contributed by atoms with Gasteiger partial charge in [0.15, 0.2) is 0 Å². The van der Waals surface area contributed by atoms with Crippen LogP contribution in [0.25, 0.3) is 0 Å². The highest BCUT2D eigenvalue weighted by Crippen LogP contribution is 2.28. The van der Waals surface area contributed by atoms with Crippen molar-refractivity contribution in [2.24, 2.45) is 0 Å². The predicted octanol–water partition coefficient (Wildman–Crippen LogP) is 4.68. The van der Waals surface area contributed by atoms with Gasteiger partial charge in [-0.2, -0.15) is 0 Å². The molecule has 102 valence electrons. The normalized spacial score (nSPS) is 12.6. The van der Waals surface area contributed by atoms with Crippen LogP contribution in [-0.2, 0) is 6.42 Å². The third kappa shape index (κ3) is 4.09. The molecule has 0 spiro atoms. The summed E-state index contributed by atoms with van der Waals surface area (Å²) in [7, 11) is 0. The molecule has 0 saturated carbocycles. The highest BCUT2D eigenvalue weighted by Gasteiger charge is 2.10. The molecule has 0 amide bonds. The fraction of sp³-hybridized carbons (Fsp3) is 0.286. The van der Waals surface area contributed by atoms with E-state index in [4.69, 9.17) is 0 Å². The Morgan fingerprint density at radius 3 is 2.53 bits per heavy atom. The minimum Gasteiger partial charge on any atom is -0.309 e. The van der Waals surface area contributed by atoms with E-state index >= 15 is 0 Å². The highest BCUT2D eigenvalue weighted by atomic mass is 79.9. The second kappa shape index (κ2) is 6.59. The smallest absolute Gasteiger partial charge is 0.126 e. The van der Waals surface area contributed by atoms with E-state index in [9.17, 15) is 8.78 Å². The van der Waals surface area contributed by atoms with Crippen LogP contribution in [0.3, 0.4) is 0 Å². The van der Waals surface area contributed by atoms with Gasteiger partial charge < -0.3 is 5.32 Å². The molecule has 0 bridgehead atoms. The minimum absolute atomic E-state index is 0.216. The number of rotatable bonds is 5. The Balaban J connectivity index is 1.88. The summed E-state index contributed by atoms with van der Waals surface area (Å²) >= 11 is 5.17. The van der Waals surface area contributed by atoms with Gasteiger partial charge in [-0.3, -0.25) is 0 Å². The summed E-state index contributed by atoms with van der Waals surface area (Å²) in [6.07, 6.45) is 0.599. The molecule has 19 heavy (non-hydrogen) atoms. The van der Waals surface area contributed by atoms with Gasteiger partial charge in [-0.25, -0.2) is 8.78 Å². The summed E-state index contributed by atoms with van der Waals surface area (Å²) in [5, 5.41) is 5.38. The molecule has 2 rings (SSSR count). The summed E-state index contributed by atoms with van der Waals surface area (Å²) < 4.78 is 27.1. The molecule has 1 N–H and O–H groups in total. The molecule has 1 aromatic heterocycles. The number of halogens is 3. The summed E-state index contributed by atoms with van der Waals surface area (Å²) in [4.78, 5) is 1.23. The fourth-order valence-corrected chi connectivity index (χ4v) is 3.65. The van der Waals surface area contributed by atoms with Crippen molar-refractivity contribution in [3.8, 4) is 0 Å². The maximum absolute atomic E-state index is 13.0. The van der Waals surface area contributed by atoms with Crippen molar-refractivity contribution >= 4 is 27.3 Å². The van der Waals surface area contributed by atoms with E-state index in [1.165, 1.54) is 17.0 Å². The Hall–Kier alpha value is -0.780. The average molecular weight is 346 g/mol. The van der Waals surface area contributed by atoms with Crippen molar-refractivity contribution in [3.05, 3.63) is 56.2 Å². The topological polar surface area (TPSA) is 12.0 Å². The number of nitrogens with one attached hydrogen (secondary N) is 1. The molecule has 1 atom stereocenters. The third-order valence-corrected chi connectivity index (χ3v) is 4.88. The zero-order valence-corrected chi connectivity index (χ0v) is 12.8. The maximum Gasteiger partial charge on any atom is 0.126 e. The van der Waals surface area contributed by atoms with Crippen LogP contribution in [0.15, 0.2) is 34.1 Å². The van der Waals surface area contributed by atoms with E-state index in [0.29, 0.717) is 18.5 Å². The van der Waals surface area contributed by atoms with Crippen LogP contribution in [0.1, 0.15) is 23.4 Å². The van der Waals surface area contributed by atoms with E-state index < -0.39 is 11.6 Å². The Morgan fingerprint density at radius 1 is 1.26 bits per heavy atom. The Labute approximate surface area is 123 Å². The van der Waals surface area contributed by atoms with Crippen molar-refractivity contribution < 1.29 is 8.78 Å². The van der Waals surface area contributed by atoms with Crippen LogP contribution < -0.4 is 5.32 Å². The minimum atomic E-state index is -0.524. The lowest BCUT2D eigenvalue weighted by Crippen LogP contribution is -2.21. The van der Waals surface area contributed by atoms with Crippen LogP contribution >= 0.6 is 27.3 Å². The number of benzene rings is 1. The van der Waals surface area contributed by atoms with Gasteiger partial charge in [0.05, 0.1) is 0 Å².